The molecule has 2 nitrogen and oxygen atoms in total. The molecule has 54 valence electrons. The van der Waals surface area contributed by atoms with Crippen molar-refractivity contribution in [3.63, 3.8) is 0 Å². The standard InChI is InChI=1S/C7H7NO.Ru/c9-6-8-7-4-2-1-3-5-7;/h1-6H,(H,8,9);. The zero-order chi connectivity index (χ0) is 6.53. The molecule has 3 heteroatoms. The van der Waals surface area contributed by atoms with Gasteiger partial charge in [-0.3, -0.25) is 4.79 Å². The quantitative estimate of drug-likeness (QED) is 0.592. The summed E-state index contributed by atoms with van der Waals surface area (Å²) >= 11 is 0. The molecule has 1 aromatic rings. The van der Waals surface area contributed by atoms with Crippen LogP contribution < -0.4 is 5.32 Å². The Morgan fingerprint density at radius 3 is 2.30 bits per heavy atom. The molecule has 0 saturated heterocycles. The van der Waals surface area contributed by atoms with Gasteiger partial charge in [0, 0.05) is 25.2 Å². The van der Waals surface area contributed by atoms with E-state index in [1.54, 1.807) is 0 Å². The first-order valence-corrected chi connectivity index (χ1v) is 2.69. The summed E-state index contributed by atoms with van der Waals surface area (Å²) in [6.07, 6.45) is 0.662. The second-order valence-electron chi connectivity index (χ2n) is 1.63. The van der Waals surface area contributed by atoms with Gasteiger partial charge in [0.05, 0.1) is 0 Å². The Bertz CT molecular complexity index is 188. The van der Waals surface area contributed by atoms with Crippen molar-refractivity contribution in [3.05, 3.63) is 30.3 Å². The minimum absolute atomic E-state index is 0. The van der Waals surface area contributed by atoms with Crippen LogP contribution in [-0.2, 0) is 24.3 Å². The molecule has 1 rings (SSSR count). The summed E-state index contributed by atoms with van der Waals surface area (Å²) in [5.41, 5.74) is 0.826. The maximum atomic E-state index is 9.86. The van der Waals surface area contributed by atoms with Crippen molar-refractivity contribution in [1.82, 2.24) is 0 Å². The summed E-state index contributed by atoms with van der Waals surface area (Å²) in [7, 11) is 0. The molecule has 0 atom stereocenters. The molecular formula is C7H7NORu. The zero-order valence-corrected chi connectivity index (χ0v) is 6.96. The third-order valence-electron chi connectivity index (χ3n) is 0.999. The SMILES string of the molecule is O=CNc1ccccc1.[Ru]. The Morgan fingerprint density at radius 2 is 1.80 bits per heavy atom. The molecule has 0 unspecified atom stereocenters. The molecule has 10 heavy (non-hydrogen) atoms. The fourth-order valence-electron chi connectivity index (χ4n) is 0.602. The van der Waals surface area contributed by atoms with E-state index in [9.17, 15) is 4.79 Å². The number of nitrogens with one attached hydrogen (secondary N) is 1. The van der Waals surface area contributed by atoms with Crippen molar-refractivity contribution in [3.8, 4) is 0 Å². The van der Waals surface area contributed by atoms with Gasteiger partial charge in [0.25, 0.3) is 0 Å². The third kappa shape index (κ3) is 2.74. The van der Waals surface area contributed by atoms with Gasteiger partial charge in [-0.2, -0.15) is 0 Å². The summed E-state index contributed by atoms with van der Waals surface area (Å²) in [4.78, 5) is 9.86. The number of amides is 1. The molecule has 1 aromatic carbocycles. The number of hydrogen-bond acceptors (Lipinski definition) is 1. The number of carbonyl (C=O) groups excluding carboxylic acids is 1. The molecule has 0 aromatic heterocycles. The Labute approximate surface area is 72.4 Å². The van der Waals surface area contributed by atoms with E-state index in [0.717, 1.165) is 5.69 Å². The molecule has 0 aliphatic carbocycles. The number of rotatable bonds is 2. The number of carbonyl (C=O) groups is 1. The van der Waals surface area contributed by atoms with Gasteiger partial charge in [-0.15, -0.1) is 0 Å². The first-order chi connectivity index (χ1) is 4.43. The van der Waals surface area contributed by atoms with Crippen LogP contribution in [0.3, 0.4) is 0 Å². The number of anilines is 1. The number of benzene rings is 1. The monoisotopic (exact) mass is 223 g/mol. The fraction of sp³-hybridized carbons (Fsp3) is 0. The van der Waals surface area contributed by atoms with Crippen LogP contribution in [0.15, 0.2) is 30.3 Å². The van der Waals surface area contributed by atoms with Crippen LogP contribution in [0.5, 0.6) is 0 Å². The summed E-state index contributed by atoms with van der Waals surface area (Å²) in [6.45, 7) is 0. The van der Waals surface area contributed by atoms with E-state index >= 15 is 0 Å². The molecule has 0 spiro atoms. The molecule has 0 radical (unpaired) electrons. The molecule has 0 aliphatic heterocycles. The topological polar surface area (TPSA) is 29.1 Å². The molecule has 0 bridgehead atoms. The molecule has 1 amide bonds. The van der Waals surface area contributed by atoms with Gasteiger partial charge < -0.3 is 5.32 Å². The maximum Gasteiger partial charge on any atom is 0.211 e. The van der Waals surface area contributed by atoms with E-state index in [4.69, 9.17) is 0 Å². The second-order valence-corrected chi connectivity index (χ2v) is 1.63. The molecule has 0 heterocycles. The van der Waals surface area contributed by atoms with Crippen LogP contribution in [0.2, 0.25) is 0 Å². The molecule has 1 N–H and O–H groups in total. The second kappa shape index (κ2) is 5.13. The number of para-hydroxylation sites is 1. The first kappa shape index (κ1) is 9.31. The average Bonchev–Trinajstić information content (AvgIpc) is 1.91. The minimum atomic E-state index is 0. The van der Waals surface area contributed by atoms with Gasteiger partial charge >= 0.3 is 0 Å². The van der Waals surface area contributed by atoms with Gasteiger partial charge in [-0.05, 0) is 12.1 Å². The summed E-state index contributed by atoms with van der Waals surface area (Å²) in [5, 5.41) is 2.53. The minimum Gasteiger partial charge on any atom is -0.329 e. The van der Waals surface area contributed by atoms with Crippen molar-refractivity contribution < 1.29 is 24.3 Å². The fourth-order valence-corrected chi connectivity index (χ4v) is 0.602. The van der Waals surface area contributed by atoms with Crippen molar-refractivity contribution >= 4 is 12.1 Å². The molecule has 0 fully saturated rings. The molecular weight excluding hydrogens is 215 g/mol. The summed E-state index contributed by atoms with van der Waals surface area (Å²) in [5.74, 6) is 0. The zero-order valence-electron chi connectivity index (χ0n) is 5.23. The number of hydrogen-bond donors (Lipinski definition) is 1. The van der Waals surface area contributed by atoms with Crippen LogP contribution in [-0.4, -0.2) is 6.41 Å². The van der Waals surface area contributed by atoms with Gasteiger partial charge in [-0.25, -0.2) is 0 Å². The van der Waals surface area contributed by atoms with E-state index in [0.29, 0.717) is 6.41 Å². The largest absolute Gasteiger partial charge is 0.329 e. The molecule has 0 aliphatic rings. The third-order valence-corrected chi connectivity index (χ3v) is 0.999. The smallest absolute Gasteiger partial charge is 0.211 e. The summed E-state index contributed by atoms with van der Waals surface area (Å²) in [6, 6.07) is 9.29. The normalized spacial score (nSPS) is 7.60. The summed E-state index contributed by atoms with van der Waals surface area (Å²) < 4.78 is 0. The predicted octanol–water partition coefficient (Wildman–Crippen LogP) is 1.25. The van der Waals surface area contributed by atoms with E-state index < -0.39 is 0 Å². The predicted molar refractivity (Wildman–Crippen MR) is 36.1 cm³/mol. The van der Waals surface area contributed by atoms with Gasteiger partial charge in [0.15, 0.2) is 0 Å². The van der Waals surface area contributed by atoms with E-state index in [1.165, 1.54) is 0 Å². The van der Waals surface area contributed by atoms with E-state index in [2.05, 4.69) is 5.32 Å². The van der Waals surface area contributed by atoms with Crippen molar-refractivity contribution in [1.29, 1.82) is 0 Å². The van der Waals surface area contributed by atoms with E-state index in [-0.39, 0.29) is 19.5 Å². The first-order valence-electron chi connectivity index (χ1n) is 2.69. The average molecular weight is 222 g/mol. The maximum absolute atomic E-state index is 9.86. The Balaban J connectivity index is 0.000000810. The van der Waals surface area contributed by atoms with Crippen molar-refractivity contribution in [2.75, 3.05) is 5.32 Å². The van der Waals surface area contributed by atoms with Crippen LogP contribution in [0.1, 0.15) is 0 Å². The Kier molecular flexibility index (Phi) is 4.77. The van der Waals surface area contributed by atoms with Crippen molar-refractivity contribution in [2.45, 2.75) is 0 Å². The van der Waals surface area contributed by atoms with Gasteiger partial charge in [0.2, 0.25) is 6.41 Å². The van der Waals surface area contributed by atoms with Crippen molar-refractivity contribution in [2.24, 2.45) is 0 Å². The van der Waals surface area contributed by atoms with Gasteiger partial charge in [-0.1, -0.05) is 18.2 Å². The Morgan fingerprint density at radius 1 is 1.20 bits per heavy atom. The van der Waals surface area contributed by atoms with Crippen LogP contribution in [0.4, 0.5) is 5.69 Å². The van der Waals surface area contributed by atoms with Crippen LogP contribution in [0, 0.1) is 0 Å². The Hall–Kier alpha value is -0.687. The molecule has 0 saturated carbocycles. The van der Waals surface area contributed by atoms with Crippen LogP contribution >= 0.6 is 0 Å². The van der Waals surface area contributed by atoms with E-state index in [1.807, 2.05) is 30.3 Å². The van der Waals surface area contributed by atoms with Gasteiger partial charge in [0.1, 0.15) is 0 Å². The van der Waals surface area contributed by atoms with Crippen LogP contribution in [0.25, 0.3) is 0 Å².